The van der Waals surface area contributed by atoms with Crippen molar-refractivity contribution >= 4 is 22.9 Å². The van der Waals surface area contributed by atoms with Crippen LogP contribution >= 0.6 is 11.3 Å². The lowest BCUT2D eigenvalue weighted by Crippen LogP contribution is -2.26. The minimum absolute atomic E-state index is 0.101. The van der Waals surface area contributed by atoms with Crippen molar-refractivity contribution < 1.29 is 4.79 Å². The number of anilines is 1. The third-order valence-corrected chi connectivity index (χ3v) is 6.44. The second-order valence-electron chi connectivity index (χ2n) is 8.03. The molecule has 7 heteroatoms. The molecule has 0 bridgehead atoms. The van der Waals surface area contributed by atoms with Gasteiger partial charge >= 0.3 is 0 Å². The first-order valence-corrected chi connectivity index (χ1v) is 9.96. The molecule has 3 aromatic rings. The first-order valence-electron chi connectivity index (χ1n) is 9.15. The lowest BCUT2D eigenvalue weighted by atomic mass is 9.72. The number of nitrogens with zero attached hydrogens (tertiary/aromatic N) is 4. The number of pyridine rings is 1. The van der Waals surface area contributed by atoms with Gasteiger partial charge in [-0.3, -0.25) is 4.79 Å². The number of fused-ring (bicyclic) bond motifs is 1. The predicted octanol–water partition coefficient (Wildman–Crippen LogP) is 4.13. The second kappa shape index (κ2) is 6.88. The molecule has 0 spiro atoms. The van der Waals surface area contributed by atoms with Gasteiger partial charge in [-0.1, -0.05) is 20.8 Å². The van der Waals surface area contributed by atoms with E-state index in [0.717, 1.165) is 17.7 Å². The molecule has 140 valence electrons. The Morgan fingerprint density at radius 3 is 2.96 bits per heavy atom. The van der Waals surface area contributed by atoms with Crippen LogP contribution in [0.15, 0.2) is 37.1 Å². The Hall–Kier alpha value is -2.54. The molecule has 3 heterocycles. The fourth-order valence-corrected chi connectivity index (χ4v) is 4.66. The molecule has 0 fully saturated rings. The highest BCUT2D eigenvalue weighted by Crippen LogP contribution is 2.40. The van der Waals surface area contributed by atoms with E-state index in [1.165, 1.54) is 23.2 Å². The molecule has 1 N–H and O–H groups in total. The summed E-state index contributed by atoms with van der Waals surface area (Å²) in [4.78, 5) is 23.2. The molecular weight excluding hydrogens is 358 g/mol. The Labute approximate surface area is 162 Å². The van der Waals surface area contributed by atoms with Gasteiger partial charge in [0.2, 0.25) is 0 Å². The molecule has 0 saturated carbocycles. The molecule has 1 unspecified atom stereocenters. The molecule has 6 nitrogen and oxygen atoms in total. The zero-order valence-corrected chi connectivity index (χ0v) is 16.6. The number of rotatable bonds is 3. The van der Waals surface area contributed by atoms with E-state index in [-0.39, 0.29) is 5.91 Å². The molecule has 0 aliphatic heterocycles. The normalized spacial score (nSPS) is 16.8. The summed E-state index contributed by atoms with van der Waals surface area (Å²) >= 11 is 1.61. The molecule has 1 aliphatic carbocycles. The number of hydrogen-bond donors (Lipinski definition) is 1. The Morgan fingerprint density at radius 1 is 1.37 bits per heavy atom. The molecule has 4 rings (SSSR count). The maximum Gasteiger partial charge on any atom is 0.265 e. The zero-order valence-electron chi connectivity index (χ0n) is 15.8. The number of amides is 1. The van der Waals surface area contributed by atoms with Crippen LogP contribution in [0.25, 0.3) is 5.82 Å². The lowest BCUT2D eigenvalue weighted by molar-refractivity contribution is 0.103. The minimum Gasteiger partial charge on any atom is -0.318 e. The Balaban J connectivity index is 1.55. The molecule has 1 atom stereocenters. The minimum atomic E-state index is -0.101. The number of hydrogen-bond acceptors (Lipinski definition) is 5. The highest BCUT2D eigenvalue weighted by Gasteiger charge is 2.30. The third kappa shape index (κ3) is 3.64. The fraction of sp³-hybridized carbons (Fsp3) is 0.400. The summed E-state index contributed by atoms with van der Waals surface area (Å²) in [5.41, 5.74) is 2.25. The van der Waals surface area contributed by atoms with Crippen LogP contribution in [-0.2, 0) is 12.8 Å². The molecule has 0 saturated heterocycles. The van der Waals surface area contributed by atoms with Gasteiger partial charge in [-0.25, -0.2) is 14.6 Å². The number of thiophene rings is 1. The average Bonchev–Trinajstić information content (AvgIpc) is 3.30. The van der Waals surface area contributed by atoms with E-state index in [9.17, 15) is 4.79 Å². The first kappa shape index (κ1) is 17.9. The zero-order chi connectivity index (χ0) is 19.0. The van der Waals surface area contributed by atoms with E-state index < -0.39 is 0 Å². The van der Waals surface area contributed by atoms with Gasteiger partial charge in [0, 0.05) is 11.1 Å². The number of aromatic nitrogens is 4. The number of carbonyl (C=O) groups is 1. The third-order valence-electron chi connectivity index (χ3n) is 5.20. The maximum atomic E-state index is 12.9. The van der Waals surface area contributed by atoms with Crippen molar-refractivity contribution in [1.29, 1.82) is 0 Å². The Kier molecular flexibility index (Phi) is 4.55. The van der Waals surface area contributed by atoms with Gasteiger partial charge in [-0.05, 0) is 54.4 Å². The van der Waals surface area contributed by atoms with E-state index in [1.807, 2.05) is 6.07 Å². The summed E-state index contributed by atoms with van der Waals surface area (Å²) in [5, 5.41) is 7.09. The summed E-state index contributed by atoms with van der Waals surface area (Å²) in [6.07, 6.45) is 7.99. The topological polar surface area (TPSA) is 72.7 Å². The summed E-state index contributed by atoms with van der Waals surface area (Å²) in [5.74, 6) is 1.11. The number of aryl methyl sites for hydroxylation is 1. The van der Waals surface area contributed by atoms with E-state index in [2.05, 4.69) is 47.2 Å². The highest BCUT2D eigenvalue weighted by atomic mass is 32.1. The molecular formula is C20H23N5OS. The van der Waals surface area contributed by atoms with Crippen LogP contribution in [0.5, 0.6) is 0 Å². The SMILES string of the molecule is CC(C)(C)C1CCc2sc(C(=O)Nc3cccnc3-n3cncn3)cc2C1. The Morgan fingerprint density at radius 2 is 2.22 bits per heavy atom. The molecule has 1 aliphatic rings. The largest absolute Gasteiger partial charge is 0.318 e. The Bertz CT molecular complexity index is 955. The molecule has 0 radical (unpaired) electrons. The van der Waals surface area contributed by atoms with Crippen LogP contribution in [0.4, 0.5) is 5.69 Å². The lowest BCUT2D eigenvalue weighted by Gasteiger charge is -2.33. The van der Waals surface area contributed by atoms with Gasteiger partial charge in [0.15, 0.2) is 5.82 Å². The quantitative estimate of drug-likeness (QED) is 0.740. The maximum absolute atomic E-state index is 12.9. The van der Waals surface area contributed by atoms with Crippen molar-refractivity contribution in [2.45, 2.75) is 40.0 Å². The van der Waals surface area contributed by atoms with Crippen LogP contribution in [0, 0.1) is 11.3 Å². The number of nitrogens with one attached hydrogen (secondary N) is 1. The van der Waals surface area contributed by atoms with Crippen LogP contribution in [-0.4, -0.2) is 25.7 Å². The standard InChI is InChI=1S/C20H23N5OS/c1-20(2,3)14-6-7-16-13(9-14)10-17(27-16)19(26)24-15-5-4-8-22-18(15)25-12-21-11-23-25/h4-5,8,10-12,14H,6-7,9H2,1-3H3,(H,24,26). The highest BCUT2D eigenvalue weighted by molar-refractivity contribution is 7.14. The van der Waals surface area contributed by atoms with E-state index in [4.69, 9.17) is 0 Å². The van der Waals surface area contributed by atoms with Crippen molar-refractivity contribution in [1.82, 2.24) is 19.7 Å². The summed E-state index contributed by atoms with van der Waals surface area (Å²) < 4.78 is 1.54. The first-order chi connectivity index (χ1) is 12.9. The van der Waals surface area contributed by atoms with Crippen molar-refractivity contribution in [3.63, 3.8) is 0 Å². The second-order valence-corrected chi connectivity index (χ2v) is 9.17. The van der Waals surface area contributed by atoms with Crippen LogP contribution in [0.1, 0.15) is 47.3 Å². The van der Waals surface area contributed by atoms with E-state index in [0.29, 0.717) is 22.8 Å². The van der Waals surface area contributed by atoms with Crippen LogP contribution in [0.2, 0.25) is 0 Å². The average molecular weight is 382 g/mol. The van der Waals surface area contributed by atoms with Crippen molar-refractivity contribution in [2.24, 2.45) is 11.3 Å². The molecule has 3 aromatic heterocycles. The number of carbonyl (C=O) groups excluding carboxylic acids is 1. The molecule has 0 aromatic carbocycles. The van der Waals surface area contributed by atoms with Crippen molar-refractivity contribution in [3.05, 3.63) is 52.4 Å². The molecule has 1 amide bonds. The fourth-order valence-electron chi connectivity index (χ4n) is 3.55. The summed E-state index contributed by atoms with van der Waals surface area (Å²) in [6.45, 7) is 6.91. The van der Waals surface area contributed by atoms with Gasteiger partial charge < -0.3 is 5.32 Å². The van der Waals surface area contributed by atoms with Crippen LogP contribution in [0.3, 0.4) is 0 Å². The molecule has 27 heavy (non-hydrogen) atoms. The van der Waals surface area contributed by atoms with Gasteiger partial charge in [0.1, 0.15) is 12.7 Å². The van der Waals surface area contributed by atoms with Crippen molar-refractivity contribution in [3.8, 4) is 5.82 Å². The van der Waals surface area contributed by atoms with Crippen molar-refractivity contribution in [2.75, 3.05) is 5.32 Å². The monoisotopic (exact) mass is 381 g/mol. The van der Waals surface area contributed by atoms with Gasteiger partial charge in [0.05, 0.1) is 10.6 Å². The van der Waals surface area contributed by atoms with E-state index >= 15 is 0 Å². The van der Waals surface area contributed by atoms with Crippen LogP contribution < -0.4 is 5.32 Å². The summed E-state index contributed by atoms with van der Waals surface area (Å²) in [6, 6.07) is 5.69. The smallest absolute Gasteiger partial charge is 0.265 e. The summed E-state index contributed by atoms with van der Waals surface area (Å²) in [7, 11) is 0. The predicted molar refractivity (Wildman–Crippen MR) is 106 cm³/mol. The van der Waals surface area contributed by atoms with Gasteiger partial charge in [0.25, 0.3) is 5.91 Å². The van der Waals surface area contributed by atoms with E-state index in [1.54, 1.807) is 34.6 Å². The van der Waals surface area contributed by atoms with Gasteiger partial charge in [-0.15, -0.1) is 11.3 Å². The van der Waals surface area contributed by atoms with Gasteiger partial charge in [-0.2, -0.15) is 5.10 Å².